The van der Waals surface area contributed by atoms with Crippen molar-refractivity contribution in [2.45, 2.75) is 18.6 Å². The maximum atomic E-state index is 12.6. The van der Waals surface area contributed by atoms with Crippen LogP contribution in [0.5, 0.6) is 0 Å². The molecule has 1 N–H and O–H groups in total. The van der Waals surface area contributed by atoms with Gasteiger partial charge in [-0.25, -0.2) is 0 Å². The monoisotopic (exact) mass is 492 g/mol. The summed E-state index contributed by atoms with van der Waals surface area (Å²) in [4.78, 5) is 12.6. The van der Waals surface area contributed by atoms with Gasteiger partial charge in [-0.15, -0.1) is 10.2 Å². The van der Waals surface area contributed by atoms with Crippen molar-refractivity contribution in [2.24, 2.45) is 0 Å². The molecule has 31 heavy (non-hydrogen) atoms. The fraction of sp³-hybridized carbons (Fsp3) is 0.125. The molecular formula is C24H21BrN4OS. The van der Waals surface area contributed by atoms with Crippen molar-refractivity contribution in [3.05, 3.63) is 100 Å². The van der Waals surface area contributed by atoms with Crippen LogP contribution in [0.3, 0.4) is 0 Å². The van der Waals surface area contributed by atoms with Gasteiger partial charge < -0.3 is 5.32 Å². The number of halogens is 1. The molecule has 156 valence electrons. The van der Waals surface area contributed by atoms with Gasteiger partial charge in [-0.3, -0.25) is 9.36 Å². The molecule has 5 nitrogen and oxygen atoms in total. The summed E-state index contributed by atoms with van der Waals surface area (Å²) in [6, 6.07) is 25.6. The van der Waals surface area contributed by atoms with Gasteiger partial charge in [-0.2, -0.15) is 0 Å². The molecule has 7 heteroatoms. The molecule has 1 heterocycles. The summed E-state index contributed by atoms with van der Waals surface area (Å²) in [6.07, 6.45) is 0. The molecule has 0 saturated carbocycles. The van der Waals surface area contributed by atoms with Crippen molar-refractivity contribution < 1.29 is 4.79 Å². The lowest BCUT2D eigenvalue weighted by Gasteiger charge is -2.11. The van der Waals surface area contributed by atoms with E-state index in [1.165, 1.54) is 17.3 Å². The molecule has 4 aromatic rings. The Kier molecular flexibility index (Phi) is 6.84. The lowest BCUT2D eigenvalue weighted by Crippen LogP contribution is -2.09. The Morgan fingerprint density at radius 1 is 0.968 bits per heavy atom. The number of aromatic nitrogens is 3. The average Bonchev–Trinajstić information content (AvgIpc) is 3.21. The van der Waals surface area contributed by atoms with E-state index in [9.17, 15) is 4.79 Å². The van der Waals surface area contributed by atoms with Crippen LogP contribution >= 0.6 is 27.7 Å². The van der Waals surface area contributed by atoms with Gasteiger partial charge >= 0.3 is 0 Å². The number of ketones is 1. The highest BCUT2D eigenvalue weighted by Gasteiger charge is 2.16. The molecule has 1 aromatic heterocycles. The van der Waals surface area contributed by atoms with Crippen LogP contribution in [0.4, 0.5) is 5.69 Å². The predicted octanol–water partition coefficient (Wildman–Crippen LogP) is 5.93. The van der Waals surface area contributed by atoms with Gasteiger partial charge in [0.15, 0.2) is 16.8 Å². The number of carbonyl (C=O) groups is 1. The van der Waals surface area contributed by atoms with Gasteiger partial charge in [0.2, 0.25) is 0 Å². The third-order valence-electron chi connectivity index (χ3n) is 4.72. The van der Waals surface area contributed by atoms with E-state index in [0.29, 0.717) is 17.3 Å². The lowest BCUT2D eigenvalue weighted by atomic mass is 10.2. The zero-order chi connectivity index (χ0) is 21.6. The Morgan fingerprint density at radius 3 is 2.39 bits per heavy atom. The first-order chi connectivity index (χ1) is 15.1. The second-order valence-electron chi connectivity index (χ2n) is 7.01. The topological polar surface area (TPSA) is 59.8 Å². The van der Waals surface area contributed by atoms with Crippen LogP contribution in [0, 0.1) is 6.92 Å². The number of carbonyl (C=O) groups excluding carboxylic acids is 1. The number of benzene rings is 3. The van der Waals surface area contributed by atoms with Crippen LogP contribution in [-0.2, 0) is 6.54 Å². The number of rotatable bonds is 8. The minimum Gasteiger partial charge on any atom is -0.378 e. The van der Waals surface area contributed by atoms with E-state index in [0.717, 1.165) is 21.7 Å². The Hall–Kier alpha value is -2.90. The first-order valence-electron chi connectivity index (χ1n) is 9.82. The van der Waals surface area contributed by atoms with Crippen molar-refractivity contribution in [1.29, 1.82) is 0 Å². The van der Waals surface area contributed by atoms with E-state index >= 15 is 0 Å². The van der Waals surface area contributed by atoms with Gasteiger partial charge in [0.1, 0.15) is 0 Å². The van der Waals surface area contributed by atoms with E-state index < -0.39 is 0 Å². The maximum Gasteiger partial charge on any atom is 0.196 e. The van der Waals surface area contributed by atoms with E-state index in [4.69, 9.17) is 0 Å². The van der Waals surface area contributed by atoms with Crippen molar-refractivity contribution in [3.63, 3.8) is 0 Å². The highest BCUT2D eigenvalue weighted by atomic mass is 79.9. The van der Waals surface area contributed by atoms with Crippen molar-refractivity contribution in [3.8, 4) is 5.69 Å². The number of anilines is 1. The SMILES string of the molecule is Cc1ccc(NCc2nnc(SCC(=O)c3ccc(Br)cc3)n2-c2ccccc2)cc1. The highest BCUT2D eigenvalue weighted by Crippen LogP contribution is 2.24. The van der Waals surface area contributed by atoms with Crippen LogP contribution in [0.2, 0.25) is 0 Å². The molecule has 0 spiro atoms. The second kappa shape index (κ2) is 9.94. The Bertz CT molecular complexity index is 1160. The molecule has 4 rings (SSSR count). The normalized spacial score (nSPS) is 10.8. The molecular weight excluding hydrogens is 472 g/mol. The molecule has 3 aromatic carbocycles. The number of thioether (sulfide) groups is 1. The molecule has 0 atom stereocenters. The van der Waals surface area contributed by atoms with Gasteiger partial charge in [0.05, 0.1) is 12.3 Å². The van der Waals surface area contributed by atoms with E-state index in [1.54, 1.807) is 0 Å². The molecule has 0 aliphatic rings. The summed E-state index contributed by atoms with van der Waals surface area (Å²) in [5.74, 6) is 1.13. The van der Waals surface area contributed by atoms with Crippen molar-refractivity contribution in [2.75, 3.05) is 11.1 Å². The maximum absolute atomic E-state index is 12.6. The Morgan fingerprint density at radius 2 is 1.68 bits per heavy atom. The van der Waals surface area contributed by atoms with Crippen LogP contribution in [0.1, 0.15) is 21.7 Å². The highest BCUT2D eigenvalue weighted by molar-refractivity contribution is 9.10. The summed E-state index contributed by atoms with van der Waals surface area (Å²) in [5.41, 5.74) is 3.88. The van der Waals surface area contributed by atoms with Gasteiger partial charge in [-0.05, 0) is 43.3 Å². The Balaban J connectivity index is 1.53. The standard InChI is InChI=1S/C24H21BrN4OS/c1-17-7-13-20(14-8-17)26-15-23-27-28-24(29(23)21-5-3-2-4-6-21)31-16-22(30)18-9-11-19(25)12-10-18/h2-14,26H,15-16H2,1H3. The minimum absolute atomic E-state index is 0.0550. The molecule has 0 fully saturated rings. The van der Waals surface area contributed by atoms with Crippen LogP contribution < -0.4 is 5.32 Å². The molecule has 0 aliphatic carbocycles. The summed E-state index contributed by atoms with van der Waals surface area (Å²) < 4.78 is 2.95. The third-order valence-corrected chi connectivity index (χ3v) is 6.17. The first kappa shape index (κ1) is 21.3. The third kappa shape index (κ3) is 5.42. The Labute approximate surface area is 194 Å². The number of nitrogens with one attached hydrogen (secondary N) is 1. The first-order valence-corrected chi connectivity index (χ1v) is 11.6. The lowest BCUT2D eigenvalue weighted by molar-refractivity contribution is 0.102. The number of para-hydroxylation sites is 1. The molecule has 0 unspecified atom stereocenters. The number of nitrogens with zero attached hydrogens (tertiary/aromatic N) is 3. The van der Waals surface area contributed by atoms with Crippen molar-refractivity contribution in [1.82, 2.24) is 14.8 Å². The summed E-state index contributed by atoms with van der Waals surface area (Å²) in [6.45, 7) is 2.58. The molecule has 0 radical (unpaired) electrons. The van der Waals surface area contributed by atoms with Gasteiger partial charge in [0.25, 0.3) is 0 Å². The summed E-state index contributed by atoms with van der Waals surface area (Å²) in [5, 5.41) is 12.9. The quantitative estimate of drug-likeness (QED) is 0.244. The number of hydrogen-bond acceptors (Lipinski definition) is 5. The number of hydrogen-bond donors (Lipinski definition) is 1. The summed E-state index contributed by atoms with van der Waals surface area (Å²) >= 11 is 4.79. The molecule has 0 saturated heterocycles. The van der Waals surface area contributed by atoms with Crippen LogP contribution in [-0.4, -0.2) is 26.3 Å². The summed E-state index contributed by atoms with van der Waals surface area (Å²) in [7, 11) is 0. The van der Waals surface area contributed by atoms with Gasteiger partial charge in [0, 0.05) is 21.4 Å². The molecule has 0 aliphatic heterocycles. The predicted molar refractivity (Wildman–Crippen MR) is 129 cm³/mol. The van der Waals surface area contributed by atoms with Crippen molar-refractivity contribution >= 4 is 39.2 Å². The fourth-order valence-electron chi connectivity index (χ4n) is 3.05. The van der Waals surface area contributed by atoms with E-state index in [1.807, 2.05) is 71.3 Å². The zero-order valence-electron chi connectivity index (χ0n) is 17.0. The van der Waals surface area contributed by atoms with Gasteiger partial charge in [-0.1, -0.05) is 75.7 Å². The average molecular weight is 493 g/mol. The molecule has 0 amide bonds. The molecule has 0 bridgehead atoms. The second-order valence-corrected chi connectivity index (χ2v) is 8.87. The minimum atomic E-state index is 0.0550. The zero-order valence-corrected chi connectivity index (χ0v) is 19.4. The van der Waals surface area contributed by atoms with E-state index in [-0.39, 0.29) is 11.5 Å². The fourth-order valence-corrected chi connectivity index (χ4v) is 4.18. The van der Waals surface area contributed by atoms with Crippen LogP contribution in [0.15, 0.2) is 88.5 Å². The smallest absolute Gasteiger partial charge is 0.196 e. The van der Waals surface area contributed by atoms with E-state index in [2.05, 4.69) is 50.5 Å². The largest absolute Gasteiger partial charge is 0.378 e. The number of Topliss-reactive ketones (excluding diaryl/α,β-unsaturated/α-hetero) is 1. The number of aryl methyl sites for hydroxylation is 1. The van der Waals surface area contributed by atoms with Crippen LogP contribution in [0.25, 0.3) is 5.69 Å².